The van der Waals surface area contributed by atoms with Gasteiger partial charge in [-0.1, -0.05) is 40.1 Å². The van der Waals surface area contributed by atoms with E-state index in [4.69, 9.17) is 11.6 Å². The number of rotatable bonds is 5. The van der Waals surface area contributed by atoms with Gasteiger partial charge in [-0.15, -0.1) is 0 Å². The normalized spacial score (nSPS) is 35.9. The molecule has 23 heavy (non-hydrogen) atoms. The van der Waals surface area contributed by atoms with Gasteiger partial charge in [0.1, 0.15) is 5.60 Å². The Bertz CT molecular complexity index is 523. The zero-order valence-electron chi connectivity index (χ0n) is 14.4. The molecule has 130 valence electrons. The summed E-state index contributed by atoms with van der Waals surface area (Å²) in [4.78, 5) is 13.3. The van der Waals surface area contributed by atoms with Gasteiger partial charge in [-0.3, -0.25) is 4.79 Å². The lowest BCUT2D eigenvalue weighted by Crippen LogP contribution is -2.33. The lowest BCUT2D eigenvalue weighted by Gasteiger charge is -2.42. The van der Waals surface area contributed by atoms with Crippen molar-refractivity contribution in [3.63, 3.8) is 0 Å². The van der Waals surface area contributed by atoms with Crippen molar-refractivity contribution in [3.8, 4) is 0 Å². The lowest BCUT2D eigenvalue weighted by molar-refractivity contribution is -0.127. The highest BCUT2D eigenvalue weighted by molar-refractivity contribution is 9.11. The van der Waals surface area contributed by atoms with Gasteiger partial charge >= 0.3 is 0 Å². The molecule has 2 fully saturated rings. The first-order chi connectivity index (χ1) is 10.7. The second-order valence-electron chi connectivity index (χ2n) is 7.76. The molecule has 0 aromatic carbocycles. The van der Waals surface area contributed by atoms with Crippen molar-refractivity contribution in [1.29, 1.82) is 0 Å². The number of halogens is 2. The maximum absolute atomic E-state index is 11.2. The quantitative estimate of drug-likeness (QED) is 0.470. The van der Waals surface area contributed by atoms with Gasteiger partial charge in [0.2, 0.25) is 0 Å². The van der Waals surface area contributed by atoms with E-state index in [0.29, 0.717) is 30.1 Å². The number of hydrogen-bond acceptors (Lipinski definition) is 2. The van der Waals surface area contributed by atoms with Gasteiger partial charge < -0.3 is 5.11 Å². The van der Waals surface area contributed by atoms with Crippen LogP contribution in [0.1, 0.15) is 65.7 Å². The van der Waals surface area contributed by atoms with Gasteiger partial charge in [0, 0.05) is 0 Å². The maximum Gasteiger partial charge on any atom is 0.253 e. The third-order valence-electron chi connectivity index (χ3n) is 6.18. The minimum atomic E-state index is -1.42. The van der Waals surface area contributed by atoms with Crippen molar-refractivity contribution in [2.75, 3.05) is 0 Å². The lowest BCUT2D eigenvalue weighted by atomic mass is 9.62. The Kier molecular flexibility index (Phi) is 6.19. The molecule has 0 radical (unpaired) electrons. The minimum Gasteiger partial charge on any atom is -0.381 e. The minimum absolute atomic E-state index is 0.350. The number of carbonyl (C=O) groups is 1. The van der Waals surface area contributed by atoms with Crippen LogP contribution in [-0.4, -0.2) is 16.0 Å². The van der Waals surface area contributed by atoms with Crippen molar-refractivity contribution in [3.05, 3.63) is 22.2 Å². The monoisotopic (exact) mass is 402 g/mol. The standard InChI is InChI=1S/C19H28BrClO2/c1-13(6-4-11-19(3,23)17(21)22)15-8-9-16-14(12-20)7-5-10-18(15,16)2/h6,12,15-16,23H,4-5,7-11H2,1-3H3/b13-6-,14-12+/t15-,16?,18-,19-/m1/s1. The summed E-state index contributed by atoms with van der Waals surface area (Å²) >= 11 is 8.99. The smallest absolute Gasteiger partial charge is 0.253 e. The van der Waals surface area contributed by atoms with Gasteiger partial charge in [0.05, 0.1) is 0 Å². The summed E-state index contributed by atoms with van der Waals surface area (Å²) in [5.41, 5.74) is 1.91. The zero-order valence-corrected chi connectivity index (χ0v) is 16.7. The first-order valence-electron chi connectivity index (χ1n) is 8.60. The van der Waals surface area contributed by atoms with Crippen LogP contribution in [0.25, 0.3) is 0 Å². The van der Waals surface area contributed by atoms with Crippen molar-refractivity contribution < 1.29 is 9.90 Å². The molecule has 0 spiro atoms. The Morgan fingerprint density at radius 2 is 2.22 bits per heavy atom. The van der Waals surface area contributed by atoms with Crippen LogP contribution < -0.4 is 0 Å². The molecule has 0 aromatic heterocycles. The summed E-state index contributed by atoms with van der Waals surface area (Å²) in [5.74, 6) is 1.29. The number of allylic oxidation sites excluding steroid dienone is 3. The average molecular weight is 404 g/mol. The average Bonchev–Trinajstić information content (AvgIpc) is 2.83. The van der Waals surface area contributed by atoms with E-state index in [2.05, 4.69) is 40.8 Å². The first-order valence-corrected chi connectivity index (χ1v) is 9.90. The number of carbonyl (C=O) groups excluding carboxylic acids is 1. The fourth-order valence-corrected chi connectivity index (χ4v) is 5.38. The molecule has 0 aromatic rings. The van der Waals surface area contributed by atoms with E-state index in [9.17, 15) is 9.90 Å². The second kappa shape index (κ2) is 7.41. The molecule has 4 heteroatoms. The predicted molar refractivity (Wildman–Crippen MR) is 99.7 cm³/mol. The Hall–Kier alpha value is -0.120. The Morgan fingerprint density at radius 3 is 2.83 bits per heavy atom. The Morgan fingerprint density at radius 1 is 1.52 bits per heavy atom. The van der Waals surface area contributed by atoms with Crippen LogP contribution in [0.2, 0.25) is 0 Å². The number of hydrogen-bond donors (Lipinski definition) is 1. The molecular weight excluding hydrogens is 376 g/mol. The summed E-state index contributed by atoms with van der Waals surface area (Å²) in [5, 5.41) is 9.28. The van der Waals surface area contributed by atoms with Crippen molar-refractivity contribution in [2.24, 2.45) is 17.3 Å². The third kappa shape index (κ3) is 3.93. The fourth-order valence-electron chi connectivity index (χ4n) is 4.74. The van der Waals surface area contributed by atoms with Crippen molar-refractivity contribution in [1.82, 2.24) is 0 Å². The summed E-state index contributed by atoms with van der Waals surface area (Å²) < 4.78 is 0. The van der Waals surface area contributed by atoms with Crippen LogP contribution in [0.15, 0.2) is 22.2 Å². The largest absolute Gasteiger partial charge is 0.381 e. The molecule has 2 rings (SSSR count). The Balaban J connectivity index is 2.07. The van der Waals surface area contributed by atoms with Crippen LogP contribution in [0.3, 0.4) is 0 Å². The highest BCUT2D eigenvalue weighted by Gasteiger charge is 2.49. The van der Waals surface area contributed by atoms with Gasteiger partial charge in [-0.25, -0.2) is 0 Å². The highest BCUT2D eigenvalue weighted by Crippen LogP contribution is 2.59. The molecule has 0 amide bonds. The summed E-state index contributed by atoms with van der Waals surface area (Å²) in [6.45, 7) is 6.15. The van der Waals surface area contributed by atoms with Crippen LogP contribution in [0, 0.1) is 17.3 Å². The molecule has 2 aliphatic rings. The second-order valence-corrected chi connectivity index (χ2v) is 8.56. The van der Waals surface area contributed by atoms with Gasteiger partial charge in [0.25, 0.3) is 5.24 Å². The molecule has 2 aliphatic carbocycles. The van der Waals surface area contributed by atoms with E-state index in [1.54, 1.807) is 5.57 Å². The Labute approximate surface area is 153 Å². The highest BCUT2D eigenvalue weighted by atomic mass is 79.9. The molecular formula is C19H28BrClO2. The SMILES string of the molecule is C/C(=C/CC[C@@](C)(O)C(=O)Cl)[C@H]1CCC2/C(=C/Br)CCC[C@@]21C. The molecule has 1 unspecified atom stereocenters. The van der Waals surface area contributed by atoms with E-state index < -0.39 is 10.8 Å². The molecule has 0 heterocycles. The van der Waals surface area contributed by atoms with E-state index in [1.165, 1.54) is 44.6 Å². The molecule has 0 bridgehead atoms. The number of aliphatic hydroxyl groups is 1. The van der Waals surface area contributed by atoms with E-state index >= 15 is 0 Å². The topological polar surface area (TPSA) is 37.3 Å². The molecule has 1 N–H and O–H groups in total. The first kappa shape index (κ1) is 19.2. The van der Waals surface area contributed by atoms with Crippen LogP contribution in [0.5, 0.6) is 0 Å². The van der Waals surface area contributed by atoms with Crippen LogP contribution in [0.4, 0.5) is 0 Å². The van der Waals surface area contributed by atoms with E-state index in [1.807, 2.05) is 0 Å². The zero-order chi connectivity index (χ0) is 17.3. The molecule has 2 saturated carbocycles. The molecule has 2 nitrogen and oxygen atoms in total. The fraction of sp³-hybridized carbons (Fsp3) is 0.737. The van der Waals surface area contributed by atoms with E-state index in [-0.39, 0.29) is 0 Å². The van der Waals surface area contributed by atoms with Crippen molar-refractivity contribution >= 4 is 32.8 Å². The summed E-state index contributed by atoms with van der Waals surface area (Å²) in [6.07, 6.45) is 9.56. The molecule has 0 saturated heterocycles. The van der Waals surface area contributed by atoms with Gasteiger partial charge in [0.15, 0.2) is 0 Å². The summed E-state index contributed by atoms with van der Waals surface area (Å²) in [6, 6.07) is 0. The summed E-state index contributed by atoms with van der Waals surface area (Å²) in [7, 11) is 0. The molecule has 0 aliphatic heterocycles. The van der Waals surface area contributed by atoms with Crippen LogP contribution in [-0.2, 0) is 4.79 Å². The van der Waals surface area contributed by atoms with E-state index in [0.717, 1.165) is 0 Å². The van der Waals surface area contributed by atoms with Gasteiger partial charge in [-0.2, -0.15) is 0 Å². The van der Waals surface area contributed by atoms with Gasteiger partial charge in [-0.05, 0) is 92.6 Å². The number of fused-ring (bicyclic) bond motifs is 1. The predicted octanol–water partition coefficient (Wildman–Crippen LogP) is 5.72. The maximum atomic E-state index is 11.2. The molecule has 4 atom stereocenters. The third-order valence-corrected chi connectivity index (χ3v) is 7.17. The van der Waals surface area contributed by atoms with Crippen LogP contribution >= 0.6 is 27.5 Å². The van der Waals surface area contributed by atoms with Crippen molar-refractivity contribution in [2.45, 2.75) is 71.3 Å².